The predicted octanol–water partition coefficient (Wildman–Crippen LogP) is 2.33. The number of hydrogen-bond acceptors (Lipinski definition) is 7. The van der Waals surface area contributed by atoms with E-state index >= 15 is 0 Å². The van der Waals surface area contributed by atoms with Gasteiger partial charge in [-0.25, -0.2) is 0 Å². The molecule has 144 valence electrons. The summed E-state index contributed by atoms with van der Waals surface area (Å²) in [6, 6.07) is 1.56. The first-order chi connectivity index (χ1) is 12.7. The molecular formula is C20H22O7. The summed E-state index contributed by atoms with van der Waals surface area (Å²) in [5.74, 6) is -2.51. The molecule has 4 rings (SSSR count). The SMILES string of the molecule is C[C@@H]1C(=O)O[C@@]23COC(=O)[C@]2(C)CCC(=O)[C@@]3(C)[C@@H]1CC(=O)c1ccoc1. The summed E-state index contributed by atoms with van der Waals surface area (Å²) in [5, 5.41) is 0. The normalized spacial score (nSPS) is 40.8. The number of carbonyl (C=O) groups is 4. The van der Waals surface area contributed by atoms with E-state index in [2.05, 4.69) is 0 Å². The molecule has 0 amide bonds. The zero-order chi connectivity index (χ0) is 19.6. The summed E-state index contributed by atoms with van der Waals surface area (Å²) >= 11 is 0. The molecule has 1 aliphatic carbocycles. The lowest BCUT2D eigenvalue weighted by molar-refractivity contribution is -0.241. The van der Waals surface area contributed by atoms with Crippen molar-refractivity contribution in [1.29, 1.82) is 0 Å². The third-order valence-electron chi connectivity index (χ3n) is 7.26. The van der Waals surface area contributed by atoms with Gasteiger partial charge >= 0.3 is 11.9 Å². The Morgan fingerprint density at radius 1 is 1.26 bits per heavy atom. The summed E-state index contributed by atoms with van der Waals surface area (Å²) < 4.78 is 16.1. The van der Waals surface area contributed by atoms with Gasteiger partial charge in [-0.15, -0.1) is 0 Å². The molecule has 0 bridgehead atoms. The maximum absolute atomic E-state index is 13.2. The number of cyclic esters (lactones) is 1. The molecule has 7 heteroatoms. The number of Topliss-reactive ketones (excluding diaryl/α,β-unsaturated/α-hetero) is 2. The average molecular weight is 374 g/mol. The van der Waals surface area contributed by atoms with E-state index in [1.54, 1.807) is 26.8 Å². The van der Waals surface area contributed by atoms with Gasteiger partial charge in [0.05, 0.1) is 23.2 Å². The van der Waals surface area contributed by atoms with Gasteiger partial charge in [0.2, 0.25) is 0 Å². The maximum Gasteiger partial charge on any atom is 0.316 e. The summed E-state index contributed by atoms with van der Waals surface area (Å²) in [7, 11) is 0. The minimum absolute atomic E-state index is 0.00986. The third-order valence-corrected chi connectivity index (χ3v) is 7.26. The van der Waals surface area contributed by atoms with Gasteiger partial charge in [0.25, 0.3) is 0 Å². The van der Waals surface area contributed by atoms with Crippen LogP contribution in [0.1, 0.15) is 50.4 Å². The van der Waals surface area contributed by atoms with E-state index in [0.29, 0.717) is 5.56 Å². The number of ketones is 2. The van der Waals surface area contributed by atoms with Gasteiger partial charge in [-0.2, -0.15) is 0 Å². The molecule has 3 aliphatic rings. The van der Waals surface area contributed by atoms with Crippen LogP contribution in [0, 0.1) is 22.7 Å². The molecule has 1 aromatic heterocycles. The maximum atomic E-state index is 13.2. The first kappa shape index (κ1) is 17.9. The van der Waals surface area contributed by atoms with Crippen LogP contribution in [0.5, 0.6) is 0 Å². The quantitative estimate of drug-likeness (QED) is 0.591. The third kappa shape index (κ3) is 2.02. The average Bonchev–Trinajstić information content (AvgIpc) is 3.25. The van der Waals surface area contributed by atoms with Crippen molar-refractivity contribution in [3.05, 3.63) is 24.2 Å². The molecular weight excluding hydrogens is 352 g/mol. The van der Waals surface area contributed by atoms with E-state index in [1.807, 2.05) is 0 Å². The molecule has 7 nitrogen and oxygen atoms in total. The molecule has 0 radical (unpaired) electrons. The van der Waals surface area contributed by atoms with Crippen molar-refractivity contribution in [2.24, 2.45) is 22.7 Å². The first-order valence-electron chi connectivity index (χ1n) is 9.16. The first-order valence-corrected chi connectivity index (χ1v) is 9.16. The van der Waals surface area contributed by atoms with Gasteiger partial charge in [0, 0.05) is 12.8 Å². The van der Waals surface area contributed by atoms with Crippen LogP contribution in [0.25, 0.3) is 0 Å². The Hall–Kier alpha value is -2.44. The fraction of sp³-hybridized carbons (Fsp3) is 0.600. The molecule has 2 saturated heterocycles. The number of furan rings is 1. The van der Waals surface area contributed by atoms with Crippen LogP contribution >= 0.6 is 0 Å². The molecule has 0 N–H and O–H groups in total. The fourth-order valence-electron chi connectivity index (χ4n) is 5.33. The van der Waals surface area contributed by atoms with Crippen LogP contribution < -0.4 is 0 Å². The lowest BCUT2D eigenvalue weighted by Gasteiger charge is -2.59. The smallest absolute Gasteiger partial charge is 0.316 e. The van der Waals surface area contributed by atoms with E-state index in [9.17, 15) is 19.2 Å². The Kier molecular flexibility index (Phi) is 3.68. The van der Waals surface area contributed by atoms with Crippen molar-refractivity contribution < 1.29 is 33.1 Å². The van der Waals surface area contributed by atoms with E-state index in [1.165, 1.54) is 12.5 Å². The van der Waals surface area contributed by atoms with Crippen LogP contribution in [0.3, 0.4) is 0 Å². The molecule has 2 aliphatic heterocycles. The minimum atomic E-state index is -1.38. The van der Waals surface area contributed by atoms with Crippen LogP contribution in [0.2, 0.25) is 0 Å². The highest BCUT2D eigenvalue weighted by molar-refractivity contribution is 5.99. The van der Waals surface area contributed by atoms with E-state index in [-0.39, 0.29) is 37.4 Å². The highest BCUT2D eigenvalue weighted by Gasteiger charge is 2.78. The number of rotatable bonds is 3. The fourth-order valence-corrected chi connectivity index (χ4v) is 5.33. The molecule has 5 atom stereocenters. The molecule has 1 saturated carbocycles. The molecule has 1 aromatic rings. The lowest BCUT2D eigenvalue weighted by Crippen LogP contribution is -2.72. The Morgan fingerprint density at radius 2 is 2.00 bits per heavy atom. The van der Waals surface area contributed by atoms with Crippen LogP contribution in [-0.4, -0.2) is 35.7 Å². The zero-order valence-electron chi connectivity index (χ0n) is 15.6. The summed E-state index contributed by atoms with van der Waals surface area (Å²) in [6.45, 7) is 4.94. The van der Waals surface area contributed by atoms with Crippen LogP contribution in [0.4, 0.5) is 0 Å². The second-order valence-electron chi connectivity index (χ2n) is 8.32. The van der Waals surface area contributed by atoms with Crippen LogP contribution in [0.15, 0.2) is 23.0 Å². The Bertz CT molecular complexity index is 841. The standard InChI is InChI=1S/C20H22O7/c1-11-13(8-14(21)12-5-7-25-9-12)19(3)15(22)4-6-18(2)17(24)26-10-20(18,19)27-16(11)23/h5,7,9,11,13H,4,6,8,10H2,1-3H3/t11-,13+,18-,19+,20-/m0/s1. The van der Waals surface area contributed by atoms with Crippen molar-refractivity contribution in [2.75, 3.05) is 6.61 Å². The van der Waals surface area contributed by atoms with Gasteiger partial charge in [0.15, 0.2) is 11.4 Å². The number of esters is 2. The van der Waals surface area contributed by atoms with Gasteiger partial charge in [-0.1, -0.05) is 6.92 Å². The van der Waals surface area contributed by atoms with Crippen molar-refractivity contribution in [1.82, 2.24) is 0 Å². The van der Waals surface area contributed by atoms with Crippen LogP contribution in [-0.2, 0) is 23.9 Å². The van der Waals surface area contributed by atoms with Crippen molar-refractivity contribution in [3.8, 4) is 0 Å². The van der Waals surface area contributed by atoms with Gasteiger partial charge < -0.3 is 13.9 Å². The van der Waals surface area contributed by atoms with Crippen molar-refractivity contribution in [3.63, 3.8) is 0 Å². The van der Waals surface area contributed by atoms with Crippen molar-refractivity contribution in [2.45, 2.75) is 45.6 Å². The predicted molar refractivity (Wildman–Crippen MR) is 90.5 cm³/mol. The molecule has 0 unspecified atom stereocenters. The Labute approximate surface area is 156 Å². The molecule has 3 heterocycles. The molecule has 1 spiro atoms. The largest absolute Gasteiger partial charge is 0.472 e. The van der Waals surface area contributed by atoms with Gasteiger partial charge in [0.1, 0.15) is 24.1 Å². The second kappa shape index (κ2) is 5.53. The number of hydrogen-bond donors (Lipinski definition) is 0. The van der Waals surface area contributed by atoms with Crippen molar-refractivity contribution >= 4 is 23.5 Å². The Balaban J connectivity index is 1.83. The number of ether oxygens (including phenoxy) is 2. The number of carbonyl (C=O) groups excluding carboxylic acids is 4. The highest BCUT2D eigenvalue weighted by atomic mass is 16.6. The molecule has 0 aromatic carbocycles. The minimum Gasteiger partial charge on any atom is -0.472 e. The monoisotopic (exact) mass is 374 g/mol. The summed E-state index contributed by atoms with van der Waals surface area (Å²) in [5.41, 5.74) is -3.26. The second-order valence-corrected chi connectivity index (χ2v) is 8.32. The summed E-state index contributed by atoms with van der Waals surface area (Å²) in [4.78, 5) is 51.2. The van der Waals surface area contributed by atoms with Gasteiger partial charge in [-0.3, -0.25) is 19.2 Å². The van der Waals surface area contributed by atoms with E-state index in [4.69, 9.17) is 13.9 Å². The van der Waals surface area contributed by atoms with E-state index < -0.39 is 40.2 Å². The topological polar surface area (TPSA) is 99.9 Å². The molecule has 27 heavy (non-hydrogen) atoms. The molecule has 3 fully saturated rings. The van der Waals surface area contributed by atoms with E-state index in [0.717, 1.165) is 0 Å². The lowest BCUT2D eigenvalue weighted by atomic mass is 9.46. The Morgan fingerprint density at radius 3 is 2.67 bits per heavy atom. The zero-order valence-corrected chi connectivity index (χ0v) is 15.6. The summed E-state index contributed by atoms with van der Waals surface area (Å²) in [6.07, 6.45) is 3.20. The highest BCUT2D eigenvalue weighted by Crippen LogP contribution is 2.64. The van der Waals surface area contributed by atoms with Gasteiger partial charge in [-0.05, 0) is 32.3 Å².